The van der Waals surface area contributed by atoms with E-state index < -0.39 is 0 Å². The molecule has 18 heavy (non-hydrogen) atoms. The van der Waals surface area contributed by atoms with Crippen LogP contribution in [-0.2, 0) is 19.3 Å². The van der Waals surface area contributed by atoms with E-state index in [0.29, 0.717) is 6.04 Å². The zero-order valence-electron chi connectivity index (χ0n) is 12.3. The molecule has 1 aromatic carbocycles. The van der Waals surface area contributed by atoms with Crippen LogP contribution in [0.3, 0.4) is 0 Å². The number of aryl methyl sites for hydroxylation is 3. The summed E-state index contributed by atoms with van der Waals surface area (Å²) in [5.74, 6) is 0.824. The normalized spacial score (nSPS) is 23.6. The molecule has 0 aliphatic heterocycles. The number of benzene rings is 1. The highest BCUT2D eigenvalue weighted by Crippen LogP contribution is 2.33. The molecule has 0 saturated heterocycles. The highest BCUT2D eigenvalue weighted by atomic mass is 14.9. The lowest BCUT2D eigenvalue weighted by atomic mass is 9.91. The van der Waals surface area contributed by atoms with E-state index in [1.54, 1.807) is 22.3 Å². The molecule has 2 unspecified atom stereocenters. The van der Waals surface area contributed by atoms with Crippen molar-refractivity contribution in [3.05, 3.63) is 34.4 Å². The van der Waals surface area contributed by atoms with Crippen molar-refractivity contribution in [1.29, 1.82) is 0 Å². The van der Waals surface area contributed by atoms with Crippen molar-refractivity contribution < 1.29 is 0 Å². The first-order valence-electron chi connectivity index (χ1n) is 7.51. The molecule has 1 aliphatic rings. The average molecular weight is 245 g/mol. The summed E-state index contributed by atoms with van der Waals surface area (Å²) in [6.07, 6.45) is 6.18. The molecule has 0 aromatic heterocycles. The fourth-order valence-corrected chi connectivity index (χ4v) is 3.28. The second-order valence-corrected chi connectivity index (χ2v) is 5.75. The smallest absolute Gasteiger partial charge is 0.0322 e. The molecule has 1 nitrogen and oxygen atoms in total. The largest absolute Gasteiger partial charge is 0.313 e. The minimum absolute atomic E-state index is 0.550. The van der Waals surface area contributed by atoms with Gasteiger partial charge in [0.1, 0.15) is 0 Å². The first-order valence-corrected chi connectivity index (χ1v) is 7.51. The van der Waals surface area contributed by atoms with E-state index in [1.807, 2.05) is 0 Å². The minimum atomic E-state index is 0.550. The van der Waals surface area contributed by atoms with E-state index in [4.69, 9.17) is 0 Å². The Labute approximate surface area is 112 Å². The number of nitrogens with one attached hydrogen (secondary N) is 1. The lowest BCUT2D eigenvalue weighted by Gasteiger charge is -2.21. The van der Waals surface area contributed by atoms with Crippen LogP contribution in [0.15, 0.2) is 12.1 Å². The fourth-order valence-electron chi connectivity index (χ4n) is 3.28. The standard InChI is InChI=1S/C17H27N/c1-5-13-10-15-8-7-12(3)9-17(18-4)16(15)11-14(13)6-2/h10-12,17-18H,5-9H2,1-4H3. The second kappa shape index (κ2) is 5.88. The molecule has 1 heteroatoms. The van der Waals surface area contributed by atoms with Gasteiger partial charge in [0, 0.05) is 6.04 Å². The molecule has 0 heterocycles. The quantitative estimate of drug-likeness (QED) is 0.792. The van der Waals surface area contributed by atoms with Crippen molar-refractivity contribution in [3.63, 3.8) is 0 Å². The van der Waals surface area contributed by atoms with Gasteiger partial charge in [-0.05, 0) is 67.3 Å². The molecule has 0 fully saturated rings. The van der Waals surface area contributed by atoms with Gasteiger partial charge in [-0.2, -0.15) is 0 Å². The van der Waals surface area contributed by atoms with Gasteiger partial charge in [-0.15, -0.1) is 0 Å². The lowest BCUT2D eigenvalue weighted by molar-refractivity contribution is 0.428. The molecule has 100 valence electrons. The summed E-state index contributed by atoms with van der Waals surface area (Å²) in [6, 6.07) is 5.51. The van der Waals surface area contributed by atoms with Crippen molar-refractivity contribution in [3.8, 4) is 0 Å². The third kappa shape index (κ3) is 2.61. The van der Waals surface area contributed by atoms with E-state index >= 15 is 0 Å². The molecule has 2 rings (SSSR count). The molecule has 2 atom stereocenters. The van der Waals surface area contributed by atoms with Crippen LogP contribution >= 0.6 is 0 Å². The van der Waals surface area contributed by atoms with Gasteiger partial charge in [0.05, 0.1) is 0 Å². The molecular formula is C17H27N. The van der Waals surface area contributed by atoms with Gasteiger partial charge < -0.3 is 5.32 Å². The Kier molecular flexibility index (Phi) is 4.45. The Morgan fingerprint density at radius 1 is 1.17 bits per heavy atom. The van der Waals surface area contributed by atoms with Crippen LogP contribution < -0.4 is 5.32 Å². The highest BCUT2D eigenvalue weighted by Gasteiger charge is 2.22. The van der Waals surface area contributed by atoms with E-state index in [1.165, 1.54) is 19.3 Å². The zero-order chi connectivity index (χ0) is 13.1. The average Bonchev–Trinajstić information content (AvgIpc) is 2.56. The number of rotatable bonds is 3. The molecule has 0 radical (unpaired) electrons. The van der Waals surface area contributed by atoms with E-state index in [9.17, 15) is 0 Å². The van der Waals surface area contributed by atoms with Crippen LogP contribution in [0.1, 0.15) is 61.9 Å². The molecule has 0 amide bonds. The predicted molar refractivity (Wildman–Crippen MR) is 79.1 cm³/mol. The summed E-state index contributed by atoms with van der Waals surface area (Å²) in [4.78, 5) is 0. The maximum absolute atomic E-state index is 3.52. The van der Waals surface area contributed by atoms with E-state index in [0.717, 1.165) is 18.8 Å². The number of hydrogen-bond donors (Lipinski definition) is 1. The van der Waals surface area contributed by atoms with Gasteiger partial charge >= 0.3 is 0 Å². The SMILES string of the molecule is CCc1cc2c(cc1CC)C(NC)CC(C)CC2. The molecule has 1 aromatic rings. The van der Waals surface area contributed by atoms with Gasteiger partial charge in [-0.1, -0.05) is 32.9 Å². The number of fused-ring (bicyclic) bond motifs is 1. The summed E-state index contributed by atoms with van der Waals surface area (Å²) >= 11 is 0. The van der Waals surface area contributed by atoms with Crippen LogP contribution in [0.4, 0.5) is 0 Å². The van der Waals surface area contributed by atoms with Crippen LogP contribution in [0.5, 0.6) is 0 Å². The topological polar surface area (TPSA) is 12.0 Å². The fraction of sp³-hybridized carbons (Fsp3) is 0.647. The third-order valence-corrected chi connectivity index (χ3v) is 4.49. The summed E-state index contributed by atoms with van der Waals surface area (Å²) in [5, 5.41) is 3.52. The van der Waals surface area contributed by atoms with Crippen molar-refractivity contribution in [2.24, 2.45) is 5.92 Å². The first kappa shape index (κ1) is 13.6. The summed E-state index contributed by atoms with van der Waals surface area (Å²) in [6.45, 7) is 6.93. The van der Waals surface area contributed by atoms with Crippen molar-refractivity contribution >= 4 is 0 Å². The predicted octanol–water partition coefficient (Wildman–Crippen LogP) is 4.04. The van der Waals surface area contributed by atoms with E-state index in [-0.39, 0.29) is 0 Å². The molecule has 0 spiro atoms. The molecule has 0 bridgehead atoms. The summed E-state index contributed by atoms with van der Waals surface area (Å²) in [5.41, 5.74) is 6.26. The van der Waals surface area contributed by atoms with Gasteiger partial charge in [0.25, 0.3) is 0 Å². The Bertz CT molecular complexity index is 408. The Balaban J connectivity index is 2.46. The Morgan fingerprint density at radius 3 is 2.44 bits per heavy atom. The van der Waals surface area contributed by atoms with Crippen LogP contribution in [-0.4, -0.2) is 7.05 Å². The second-order valence-electron chi connectivity index (χ2n) is 5.75. The van der Waals surface area contributed by atoms with Crippen LogP contribution in [0, 0.1) is 5.92 Å². The van der Waals surface area contributed by atoms with Gasteiger partial charge in [0.15, 0.2) is 0 Å². The third-order valence-electron chi connectivity index (χ3n) is 4.49. The lowest BCUT2D eigenvalue weighted by Crippen LogP contribution is -2.18. The van der Waals surface area contributed by atoms with Gasteiger partial charge in [0.2, 0.25) is 0 Å². The summed E-state index contributed by atoms with van der Waals surface area (Å²) in [7, 11) is 2.10. The first-order chi connectivity index (χ1) is 8.69. The molecular weight excluding hydrogens is 218 g/mol. The maximum Gasteiger partial charge on any atom is 0.0322 e. The monoisotopic (exact) mass is 245 g/mol. The van der Waals surface area contributed by atoms with Crippen molar-refractivity contribution in [2.75, 3.05) is 7.05 Å². The Morgan fingerprint density at radius 2 is 1.83 bits per heavy atom. The van der Waals surface area contributed by atoms with Crippen LogP contribution in [0.25, 0.3) is 0 Å². The van der Waals surface area contributed by atoms with Crippen LogP contribution in [0.2, 0.25) is 0 Å². The van der Waals surface area contributed by atoms with Crippen molar-refractivity contribution in [1.82, 2.24) is 5.32 Å². The molecule has 1 aliphatic carbocycles. The van der Waals surface area contributed by atoms with Gasteiger partial charge in [-0.25, -0.2) is 0 Å². The summed E-state index contributed by atoms with van der Waals surface area (Å²) < 4.78 is 0. The maximum atomic E-state index is 3.52. The number of hydrogen-bond acceptors (Lipinski definition) is 1. The van der Waals surface area contributed by atoms with E-state index in [2.05, 4.69) is 45.3 Å². The highest BCUT2D eigenvalue weighted by molar-refractivity contribution is 5.41. The molecule has 1 N–H and O–H groups in total. The zero-order valence-corrected chi connectivity index (χ0v) is 12.3. The molecule has 0 saturated carbocycles. The van der Waals surface area contributed by atoms with Crippen molar-refractivity contribution in [2.45, 2.75) is 58.9 Å². The van der Waals surface area contributed by atoms with Gasteiger partial charge in [-0.3, -0.25) is 0 Å². The minimum Gasteiger partial charge on any atom is -0.313 e. The Hall–Kier alpha value is -0.820.